The Morgan fingerprint density at radius 2 is 2.00 bits per heavy atom. The van der Waals surface area contributed by atoms with Gasteiger partial charge in [-0.15, -0.1) is 11.6 Å². The van der Waals surface area contributed by atoms with Gasteiger partial charge >= 0.3 is 0 Å². The summed E-state index contributed by atoms with van der Waals surface area (Å²) in [5.74, 6) is 0.933. The molecule has 1 aromatic rings. The molecule has 0 spiro atoms. The number of sulfonamides is 1. The van der Waals surface area contributed by atoms with Crippen molar-refractivity contribution < 1.29 is 8.42 Å². The Kier molecular flexibility index (Phi) is 4.07. The van der Waals surface area contributed by atoms with Crippen LogP contribution in [0.1, 0.15) is 12.0 Å². The molecule has 1 fully saturated rings. The predicted molar refractivity (Wildman–Crippen MR) is 69.5 cm³/mol. The van der Waals surface area contributed by atoms with Crippen molar-refractivity contribution in [2.45, 2.75) is 12.2 Å². The van der Waals surface area contributed by atoms with Crippen molar-refractivity contribution in [1.82, 2.24) is 4.31 Å². The van der Waals surface area contributed by atoms with Crippen LogP contribution in [0.5, 0.6) is 0 Å². The van der Waals surface area contributed by atoms with E-state index < -0.39 is 10.0 Å². The summed E-state index contributed by atoms with van der Waals surface area (Å²) in [7, 11) is -3.18. The Labute approximate surface area is 107 Å². The molecule has 3 nitrogen and oxygen atoms in total. The number of alkyl halides is 1. The highest BCUT2D eigenvalue weighted by Crippen LogP contribution is 2.22. The lowest BCUT2D eigenvalue weighted by Crippen LogP contribution is -2.30. The molecule has 5 heteroatoms. The van der Waals surface area contributed by atoms with E-state index in [9.17, 15) is 8.42 Å². The fourth-order valence-corrected chi connectivity index (χ4v) is 3.92. The number of benzene rings is 1. The van der Waals surface area contributed by atoms with Gasteiger partial charge in [0.05, 0.1) is 5.75 Å². The molecule has 17 heavy (non-hydrogen) atoms. The zero-order chi connectivity index (χ0) is 12.3. The molecular weight excluding hydrogens is 258 g/mol. The van der Waals surface area contributed by atoms with E-state index in [0.29, 0.717) is 24.9 Å². The Balaban J connectivity index is 2.05. The fraction of sp³-hybridized carbons (Fsp3) is 0.500. The standard InChI is InChI=1S/C12H16ClNO2S/c13-8-12-6-7-14(9-12)17(15,16)10-11-4-2-1-3-5-11/h1-5,12H,6-10H2. The number of halogens is 1. The first kappa shape index (κ1) is 12.9. The predicted octanol–water partition coefficient (Wildman–Crippen LogP) is 2.08. The minimum absolute atomic E-state index is 0.0862. The molecule has 0 aromatic heterocycles. The normalized spacial score (nSPS) is 21.8. The molecule has 2 rings (SSSR count). The fourth-order valence-electron chi connectivity index (χ4n) is 2.05. The van der Waals surface area contributed by atoms with E-state index in [0.717, 1.165) is 12.0 Å². The van der Waals surface area contributed by atoms with E-state index in [4.69, 9.17) is 11.6 Å². The number of hydrogen-bond acceptors (Lipinski definition) is 2. The Morgan fingerprint density at radius 1 is 1.29 bits per heavy atom. The third-order valence-corrected chi connectivity index (χ3v) is 5.31. The lowest BCUT2D eigenvalue weighted by atomic mass is 10.2. The van der Waals surface area contributed by atoms with Gasteiger partial charge in [0, 0.05) is 19.0 Å². The molecule has 0 radical (unpaired) electrons. The van der Waals surface area contributed by atoms with Crippen LogP contribution in [0, 0.1) is 5.92 Å². The highest BCUT2D eigenvalue weighted by molar-refractivity contribution is 7.88. The summed E-state index contributed by atoms with van der Waals surface area (Å²) in [6.45, 7) is 1.17. The topological polar surface area (TPSA) is 37.4 Å². The Bertz CT molecular complexity index is 461. The Morgan fingerprint density at radius 3 is 2.59 bits per heavy atom. The first-order valence-corrected chi connectivity index (χ1v) is 7.84. The van der Waals surface area contributed by atoms with Crippen LogP contribution < -0.4 is 0 Å². The molecule has 1 heterocycles. The van der Waals surface area contributed by atoms with Gasteiger partial charge in [0.1, 0.15) is 0 Å². The summed E-state index contributed by atoms with van der Waals surface area (Å²) < 4.78 is 25.9. The molecule has 0 saturated carbocycles. The van der Waals surface area contributed by atoms with Crippen LogP contribution >= 0.6 is 11.6 Å². The molecule has 1 aliphatic rings. The van der Waals surface area contributed by atoms with Crippen LogP contribution in [0.3, 0.4) is 0 Å². The average molecular weight is 274 g/mol. The molecule has 0 bridgehead atoms. The van der Waals surface area contributed by atoms with Gasteiger partial charge in [-0.1, -0.05) is 30.3 Å². The number of rotatable bonds is 4. The summed E-state index contributed by atoms with van der Waals surface area (Å²) in [4.78, 5) is 0. The maximum absolute atomic E-state index is 12.1. The molecule has 1 atom stereocenters. The van der Waals surface area contributed by atoms with Crippen molar-refractivity contribution in [3.05, 3.63) is 35.9 Å². The van der Waals surface area contributed by atoms with E-state index in [1.54, 1.807) is 4.31 Å². The summed E-state index contributed by atoms with van der Waals surface area (Å²) in [6, 6.07) is 9.28. The lowest BCUT2D eigenvalue weighted by molar-refractivity contribution is 0.464. The van der Waals surface area contributed by atoms with Gasteiger partial charge in [0.25, 0.3) is 0 Å². The monoisotopic (exact) mass is 273 g/mol. The first-order valence-electron chi connectivity index (χ1n) is 5.69. The van der Waals surface area contributed by atoms with Crippen LogP contribution in [0.15, 0.2) is 30.3 Å². The van der Waals surface area contributed by atoms with Gasteiger partial charge < -0.3 is 0 Å². The maximum Gasteiger partial charge on any atom is 0.218 e. The van der Waals surface area contributed by atoms with Gasteiger partial charge in [-0.05, 0) is 17.9 Å². The largest absolute Gasteiger partial charge is 0.218 e. The zero-order valence-corrected chi connectivity index (χ0v) is 11.1. The summed E-state index contributed by atoms with van der Waals surface area (Å²) in [5, 5.41) is 0. The Hall–Kier alpha value is -0.580. The summed E-state index contributed by atoms with van der Waals surface area (Å²) in [5.41, 5.74) is 0.835. The lowest BCUT2D eigenvalue weighted by Gasteiger charge is -2.16. The molecular formula is C12H16ClNO2S. The molecule has 0 amide bonds. The third kappa shape index (κ3) is 3.21. The van der Waals surface area contributed by atoms with E-state index in [1.165, 1.54) is 0 Å². The maximum atomic E-state index is 12.1. The van der Waals surface area contributed by atoms with Crippen molar-refractivity contribution in [2.75, 3.05) is 19.0 Å². The van der Waals surface area contributed by atoms with Gasteiger partial charge in [0.2, 0.25) is 10.0 Å². The smallest absolute Gasteiger partial charge is 0.212 e. The second kappa shape index (κ2) is 5.38. The minimum atomic E-state index is -3.18. The second-order valence-corrected chi connectivity index (χ2v) is 6.69. The van der Waals surface area contributed by atoms with Crippen LogP contribution in [0.25, 0.3) is 0 Å². The highest BCUT2D eigenvalue weighted by atomic mass is 35.5. The molecule has 0 N–H and O–H groups in total. The van der Waals surface area contributed by atoms with Crippen LogP contribution in [-0.4, -0.2) is 31.7 Å². The number of nitrogens with zero attached hydrogens (tertiary/aromatic N) is 1. The molecule has 0 aliphatic carbocycles. The SMILES string of the molecule is O=S(=O)(Cc1ccccc1)N1CCC(CCl)C1. The molecule has 1 saturated heterocycles. The van der Waals surface area contributed by atoms with Crippen LogP contribution in [0.4, 0.5) is 0 Å². The average Bonchev–Trinajstić information content (AvgIpc) is 2.79. The molecule has 1 aromatic carbocycles. The highest BCUT2D eigenvalue weighted by Gasteiger charge is 2.30. The van der Waals surface area contributed by atoms with Crippen LogP contribution in [0.2, 0.25) is 0 Å². The summed E-state index contributed by atoms with van der Waals surface area (Å²) in [6.07, 6.45) is 0.873. The molecule has 94 valence electrons. The van der Waals surface area contributed by atoms with Crippen molar-refractivity contribution in [3.63, 3.8) is 0 Å². The van der Waals surface area contributed by atoms with Gasteiger partial charge in [0.15, 0.2) is 0 Å². The van der Waals surface area contributed by atoms with E-state index in [1.807, 2.05) is 30.3 Å². The van der Waals surface area contributed by atoms with Gasteiger partial charge in [-0.25, -0.2) is 12.7 Å². The zero-order valence-electron chi connectivity index (χ0n) is 9.55. The third-order valence-electron chi connectivity index (χ3n) is 3.05. The second-order valence-electron chi connectivity index (χ2n) is 4.41. The van der Waals surface area contributed by atoms with E-state index >= 15 is 0 Å². The van der Waals surface area contributed by atoms with Crippen LogP contribution in [-0.2, 0) is 15.8 Å². The van der Waals surface area contributed by atoms with E-state index in [2.05, 4.69) is 0 Å². The molecule has 1 unspecified atom stereocenters. The van der Waals surface area contributed by atoms with Crippen molar-refractivity contribution in [3.8, 4) is 0 Å². The quantitative estimate of drug-likeness (QED) is 0.788. The first-order chi connectivity index (χ1) is 8.12. The summed E-state index contributed by atoms with van der Waals surface area (Å²) >= 11 is 5.76. The molecule has 1 aliphatic heterocycles. The number of hydrogen-bond donors (Lipinski definition) is 0. The van der Waals surface area contributed by atoms with Crippen molar-refractivity contribution in [1.29, 1.82) is 0 Å². The minimum Gasteiger partial charge on any atom is -0.212 e. The van der Waals surface area contributed by atoms with Gasteiger partial charge in [-0.3, -0.25) is 0 Å². The van der Waals surface area contributed by atoms with Gasteiger partial charge in [-0.2, -0.15) is 0 Å². The van der Waals surface area contributed by atoms with Crippen molar-refractivity contribution >= 4 is 21.6 Å². The van der Waals surface area contributed by atoms with E-state index in [-0.39, 0.29) is 5.75 Å². The van der Waals surface area contributed by atoms with Crippen molar-refractivity contribution in [2.24, 2.45) is 5.92 Å².